The van der Waals surface area contributed by atoms with Gasteiger partial charge in [-0.15, -0.1) is 0 Å². The van der Waals surface area contributed by atoms with Crippen LogP contribution in [0.5, 0.6) is 0 Å². The number of amides is 1. The smallest absolute Gasteiger partial charge is 0.225 e. The van der Waals surface area contributed by atoms with E-state index in [1.54, 1.807) is 12.4 Å². The van der Waals surface area contributed by atoms with E-state index >= 15 is 0 Å². The molecule has 0 saturated carbocycles. The number of nitrogens with zero attached hydrogens (tertiary/aromatic N) is 3. The number of hydrogen-bond acceptors (Lipinski definition) is 4. The standard InChI is InChI=1S/C22H27N5O/c1-14-10-15(2)21-19(11-14)18(16(3)25-21)12-20(28)26-17-6-4-9-27(13-17)22-23-7-5-8-24-22/h5,7-8,10-11,17,25H,4,6,9,12-13H2,1-3H3,(H,26,28). The van der Waals surface area contributed by atoms with Crippen molar-refractivity contribution in [1.29, 1.82) is 0 Å². The monoisotopic (exact) mass is 377 g/mol. The highest BCUT2D eigenvalue weighted by Gasteiger charge is 2.23. The zero-order valence-corrected chi connectivity index (χ0v) is 16.7. The van der Waals surface area contributed by atoms with E-state index in [9.17, 15) is 4.79 Å². The summed E-state index contributed by atoms with van der Waals surface area (Å²) in [5.74, 6) is 0.809. The number of carbonyl (C=O) groups is 1. The molecule has 1 fully saturated rings. The van der Waals surface area contributed by atoms with Crippen molar-refractivity contribution in [2.75, 3.05) is 18.0 Å². The Kier molecular flexibility index (Phi) is 5.03. The number of aromatic nitrogens is 3. The van der Waals surface area contributed by atoms with Crippen molar-refractivity contribution in [2.24, 2.45) is 0 Å². The highest BCUT2D eigenvalue weighted by atomic mass is 16.1. The first kappa shape index (κ1) is 18.5. The average molecular weight is 377 g/mol. The predicted molar refractivity (Wildman–Crippen MR) is 112 cm³/mol. The third kappa shape index (κ3) is 3.72. The van der Waals surface area contributed by atoms with Crippen molar-refractivity contribution < 1.29 is 4.79 Å². The highest BCUT2D eigenvalue weighted by Crippen LogP contribution is 2.27. The first-order valence-electron chi connectivity index (χ1n) is 9.91. The molecule has 1 amide bonds. The molecule has 1 unspecified atom stereocenters. The second-order valence-corrected chi connectivity index (χ2v) is 7.81. The molecule has 2 aromatic heterocycles. The third-order valence-corrected chi connectivity index (χ3v) is 5.53. The van der Waals surface area contributed by atoms with Crippen molar-refractivity contribution in [3.8, 4) is 0 Å². The van der Waals surface area contributed by atoms with Gasteiger partial charge in [-0.05, 0) is 56.9 Å². The van der Waals surface area contributed by atoms with Crippen LogP contribution in [0.25, 0.3) is 10.9 Å². The SMILES string of the molecule is Cc1cc(C)c2[nH]c(C)c(CC(=O)NC3CCCN(c4ncccn4)C3)c2c1. The van der Waals surface area contributed by atoms with E-state index in [2.05, 4.69) is 51.1 Å². The van der Waals surface area contributed by atoms with E-state index in [4.69, 9.17) is 0 Å². The number of nitrogens with one attached hydrogen (secondary N) is 2. The van der Waals surface area contributed by atoms with E-state index in [0.717, 1.165) is 54.0 Å². The first-order valence-corrected chi connectivity index (χ1v) is 9.91. The maximum absolute atomic E-state index is 12.8. The summed E-state index contributed by atoms with van der Waals surface area (Å²) in [6, 6.07) is 6.28. The van der Waals surface area contributed by atoms with E-state index in [-0.39, 0.29) is 11.9 Å². The van der Waals surface area contributed by atoms with Crippen LogP contribution in [0.1, 0.15) is 35.2 Å². The molecule has 146 valence electrons. The molecule has 6 heteroatoms. The van der Waals surface area contributed by atoms with Gasteiger partial charge in [0.05, 0.1) is 6.42 Å². The highest BCUT2D eigenvalue weighted by molar-refractivity contribution is 5.92. The molecule has 1 atom stereocenters. The van der Waals surface area contributed by atoms with Crippen LogP contribution in [0.4, 0.5) is 5.95 Å². The Morgan fingerprint density at radius 1 is 1.25 bits per heavy atom. The quantitative estimate of drug-likeness (QED) is 0.732. The number of fused-ring (bicyclic) bond motifs is 1. The zero-order chi connectivity index (χ0) is 19.7. The molecule has 0 bridgehead atoms. The van der Waals surface area contributed by atoms with Crippen LogP contribution < -0.4 is 10.2 Å². The van der Waals surface area contributed by atoms with Crippen molar-refractivity contribution in [3.63, 3.8) is 0 Å². The summed E-state index contributed by atoms with van der Waals surface area (Å²) in [6.07, 6.45) is 5.92. The van der Waals surface area contributed by atoms with Gasteiger partial charge in [0.15, 0.2) is 0 Å². The topological polar surface area (TPSA) is 73.9 Å². The number of rotatable bonds is 4. The van der Waals surface area contributed by atoms with Gasteiger partial charge < -0.3 is 15.2 Å². The molecular weight excluding hydrogens is 350 g/mol. The van der Waals surface area contributed by atoms with Gasteiger partial charge in [0.25, 0.3) is 0 Å². The summed E-state index contributed by atoms with van der Waals surface area (Å²) in [5.41, 5.74) is 5.74. The Morgan fingerprint density at radius 3 is 2.82 bits per heavy atom. The molecular formula is C22H27N5O. The zero-order valence-electron chi connectivity index (χ0n) is 16.7. The van der Waals surface area contributed by atoms with Crippen LogP contribution in [-0.4, -0.2) is 40.0 Å². The van der Waals surface area contributed by atoms with E-state index in [1.165, 1.54) is 11.1 Å². The number of anilines is 1. The number of aromatic amines is 1. The van der Waals surface area contributed by atoms with Crippen molar-refractivity contribution in [2.45, 2.75) is 46.1 Å². The van der Waals surface area contributed by atoms with Gasteiger partial charge in [0.2, 0.25) is 11.9 Å². The fourth-order valence-corrected chi connectivity index (χ4v) is 4.23. The number of aryl methyl sites for hydroxylation is 3. The summed E-state index contributed by atoms with van der Waals surface area (Å²) in [7, 11) is 0. The molecule has 0 aliphatic carbocycles. The summed E-state index contributed by atoms with van der Waals surface area (Å²) in [6.45, 7) is 7.93. The van der Waals surface area contributed by atoms with Gasteiger partial charge in [-0.1, -0.05) is 11.6 Å². The average Bonchev–Trinajstić information content (AvgIpc) is 2.99. The minimum atomic E-state index is 0.0731. The molecule has 0 radical (unpaired) electrons. The van der Waals surface area contributed by atoms with Crippen LogP contribution in [-0.2, 0) is 11.2 Å². The summed E-state index contributed by atoms with van der Waals surface area (Å²) in [4.78, 5) is 27.1. The lowest BCUT2D eigenvalue weighted by Gasteiger charge is -2.33. The van der Waals surface area contributed by atoms with Gasteiger partial charge in [-0.2, -0.15) is 0 Å². The lowest BCUT2D eigenvalue weighted by Crippen LogP contribution is -2.48. The number of H-pyrrole nitrogens is 1. The first-order chi connectivity index (χ1) is 13.5. The second-order valence-electron chi connectivity index (χ2n) is 7.81. The van der Waals surface area contributed by atoms with Crippen LogP contribution >= 0.6 is 0 Å². The molecule has 3 aromatic rings. The van der Waals surface area contributed by atoms with E-state index in [1.807, 2.05) is 13.0 Å². The van der Waals surface area contributed by atoms with Crippen molar-refractivity contribution in [3.05, 3.63) is 53.0 Å². The molecule has 1 aromatic carbocycles. The molecule has 1 saturated heterocycles. The molecule has 28 heavy (non-hydrogen) atoms. The molecule has 1 aliphatic heterocycles. The van der Waals surface area contributed by atoms with Gasteiger partial charge in [-0.3, -0.25) is 4.79 Å². The molecule has 4 rings (SSSR count). The van der Waals surface area contributed by atoms with Crippen molar-refractivity contribution >= 4 is 22.8 Å². The third-order valence-electron chi connectivity index (χ3n) is 5.53. The maximum Gasteiger partial charge on any atom is 0.225 e. The second kappa shape index (κ2) is 7.62. The van der Waals surface area contributed by atoms with Crippen LogP contribution in [0, 0.1) is 20.8 Å². The lowest BCUT2D eigenvalue weighted by atomic mass is 10.0. The lowest BCUT2D eigenvalue weighted by molar-refractivity contribution is -0.121. The largest absolute Gasteiger partial charge is 0.358 e. The van der Waals surface area contributed by atoms with E-state index in [0.29, 0.717) is 6.42 Å². The fourth-order valence-electron chi connectivity index (χ4n) is 4.23. The molecule has 3 heterocycles. The predicted octanol–water partition coefficient (Wildman–Crippen LogP) is 3.21. The minimum Gasteiger partial charge on any atom is -0.358 e. The number of hydrogen-bond donors (Lipinski definition) is 2. The Morgan fingerprint density at radius 2 is 2.04 bits per heavy atom. The van der Waals surface area contributed by atoms with Crippen LogP contribution in [0.2, 0.25) is 0 Å². The van der Waals surface area contributed by atoms with Gasteiger partial charge in [0, 0.05) is 48.1 Å². The number of piperidine rings is 1. The normalized spacial score (nSPS) is 17.1. The Bertz CT molecular complexity index is 995. The van der Waals surface area contributed by atoms with Gasteiger partial charge in [-0.25, -0.2) is 9.97 Å². The summed E-state index contributed by atoms with van der Waals surface area (Å²) in [5, 5.41) is 4.39. The molecule has 0 spiro atoms. The van der Waals surface area contributed by atoms with Gasteiger partial charge in [0.1, 0.15) is 0 Å². The van der Waals surface area contributed by atoms with E-state index < -0.39 is 0 Å². The number of carbonyl (C=O) groups excluding carboxylic acids is 1. The molecule has 1 aliphatic rings. The number of benzene rings is 1. The molecule has 2 N–H and O–H groups in total. The van der Waals surface area contributed by atoms with Crippen LogP contribution in [0.3, 0.4) is 0 Å². The minimum absolute atomic E-state index is 0.0731. The summed E-state index contributed by atoms with van der Waals surface area (Å²) < 4.78 is 0. The Balaban J connectivity index is 1.46. The van der Waals surface area contributed by atoms with Gasteiger partial charge >= 0.3 is 0 Å². The maximum atomic E-state index is 12.8. The Labute approximate surface area is 165 Å². The fraction of sp³-hybridized carbons (Fsp3) is 0.409. The van der Waals surface area contributed by atoms with Crippen LogP contribution in [0.15, 0.2) is 30.6 Å². The van der Waals surface area contributed by atoms with Crippen molar-refractivity contribution in [1.82, 2.24) is 20.3 Å². The Hall–Kier alpha value is -2.89. The molecule has 6 nitrogen and oxygen atoms in total. The summed E-state index contributed by atoms with van der Waals surface area (Å²) >= 11 is 0.